The van der Waals surface area contributed by atoms with Crippen molar-refractivity contribution in [3.05, 3.63) is 23.4 Å². The number of hydrogen-bond donors (Lipinski definition) is 2. The van der Waals surface area contributed by atoms with Gasteiger partial charge in [0, 0.05) is 0 Å². The molecule has 2 aliphatic heterocycles. The van der Waals surface area contributed by atoms with Gasteiger partial charge in [-0.2, -0.15) is 5.10 Å². The molecule has 3 unspecified atom stereocenters. The van der Waals surface area contributed by atoms with Crippen LogP contribution in [0.5, 0.6) is 0 Å². The highest BCUT2D eigenvalue weighted by Crippen LogP contribution is 2.27. The third kappa shape index (κ3) is 4.81. The number of allylic oxidation sites excluding steroid dienone is 2. The van der Waals surface area contributed by atoms with Gasteiger partial charge < -0.3 is 15.6 Å². The number of fused-ring (bicyclic) bond motifs is 1. The van der Waals surface area contributed by atoms with Crippen LogP contribution in [0.2, 0.25) is 19.6 Å². The van der Waals surface area contributed by atoms with Gasteiger partial charge in [-0.1, -0.05) is 38.6 Å². The van der Waals surface area contributed by atoms with E-state index >= 15 is 0 Å². The number of rotatable bonds is 5. The molecule has 0 aromatic heterocycles. The Morgan fingerprint density at radius 3 is 2.76 bits per heavy atom. The van der Waals surface area contributed by atoms with Gasteiger partial charge in [0.05, 0.1) is 30.4 Å². The summed E-state index contributed by atoms with van der Waals surface area (Å²) in [5, 5.41) is 15.6. The molecule has 136 valence electrons. The topological polar surface area (TPSA) is 83.4 Å². The largest absolute Gasteiger partial charge is 0.394 e. The Labute approximate surface area is 151 Å². The molecule has 0 fully saturated rings. The van der Waals surface area contributed by atoms with Gasteiger partial charge in [-0.25, -0.2) is 10.0 Å². The quantitative estimate of drug-likeness (QED) is 0.579. The molecule has 0 bridgehead atoms. The van der Waals surface area contributed by atoms with E-state index in [1.165, 1.54) is 6.34 Å². The van der Waals surface area contributed by atoms with Gasteiger partial charge in [0.25, 0.3) is 0 Å². The van der Waals surface area contributed by atoms with Crippen LogP contribution in [0.4, 0.5) is 0 Å². The van der Waals surface area contributed by atoms with E-state index in [9.17, 15) is 5.11 Å². The van der Waals surface area contributed by atoms with E-state index in [0.717, 1.165) is 17.7 Å². The van der Waals surface area contributed by atoms with Gasteiger partial charge in [0.15, 0.2) is 5.84 Å². The molecule has 0 saturated heterocycles. The summed E-state index contributed by atoms with van der Waals surface area (Å²) in [4.78, 5) is 4.13. The summed E-state index contributed by atoms with van der Waals surface area (Å²) in [6.45, 7) is 10.6. The highest BCUT2D eigenvalue weighted by molar-refractivity contribution is 6.83. The number of ether oxygens (including phenoxy) is 1. The molecule has 2 heterocycles. The molecule has 0 saturated carbocycles. The summed E-state index contributed by atoms with van der Waals surface area (Å²) in [6, 6.07) is -0.127. The van der Waals surface area contributed by atoms with Crippen LogP contribution in [0.1, 0.15) is 20.3 Å². The maximum Gasteiger partial charge on any atom is 0.152 e. The lowest BCUT2D eigenvalue weighted by Gasteiger charge is -2.37. The zero-order valence-corrected chi connectivity index (χ0v) is 16.7. The summed E-state index contributed by atoms with van der Waals surface area (Å²) in [5.41, 5.74) is 11.1. The number of aliphatic imine (C=N–C) groups is 1. The number of amidine groups is 1. The lowest BCUT2D eigenvalue weighted by atomic mass is 10.0. The van der Waals surface area contributed by atoms with Crippen molar-refractivity contribution in [1.82, 2.24) is 5.01 Å². The first kappa shape index (κ1) is 19.4. The van der Waals surface area contributed by atoms with Gasteiger partial charge in [-0.05, 0) is 19.4 Å². The Bertz CT molecular complexity index is 675. The van der Waals surface area contributed by atoms with Crippen molar-refractivity contribution < 1.29 is 9.84 Å². The third-order valence-electron chi connectivity index (χ3n) is 3.96. The molecule has 2 rings (SSSR count). The van der Waals surface area contributed by atoms with Crippen LogP contribution in [0, 0.1) is 11.5 Å². The summed E-state index contributed by atoms with van der Waals surface area (Å²) in [7, 11) is -1.51. The minimum absolute atomic E-state index is 0.000226. The molecule has 3 atom stereocenters. The van der Waals surface area contributed by atoms with E-state index in [4.69, 9.17) is 10.5 Å². The van der Waals surface area contributed by atoms with Crippen LogP contribution in [-0.4, -0.2) is 55.2 Å². The predicted molar refractivity (Wildman–Crippen MR) is 105 cm³/mol. The molecule has 0 aliphatic carbocycles. The highest BCUT2D eigenvalue weighted by Gasteiger charge is 2.33. The third-order valence-corrected chi connectivity index (χ3v) is 4.84. The molecule has 0 spiro atoms. The number of nitrogens with zero attached hydrogens (tertiary/aromatic N) is 3. The smallest absolute Gasteiger partial charge is 0.152 e. The van der Waals surface area contributed by atoms with E-state index in [-0.39, 0.29) is 24.9 Å². The average molecular weight is 361 g/mol. The molecule has 3 N–H and O–H groups in total. The number of hydrogen-bond acceptors (Lipinski definition) is 6. The van der Waals surface area contributed by atoms with E-state index in [1.807, 2.05) is 31.0 Å². The van der Waals surface area contributed by atoms with Crippen molar-refractivity contribution in [2.45, 2.75) is 58.2 Å². The Hall–Kier alpha value is -1.88. The summed E-state index contributed by atoms with van der Waals surface area (Å²) >= 11 is 0. The molecule has 6 nitrogen and oxygen atoms in total. The first-order chi connectivity index (χ1) is 11.8. The molecular weight excluding hydrogens is 332 g/mol. The normalized spacial score (nSPS) is 22.1. The highest BCUT2D eigenvalue weighted by atomic mass is 28.3. The second-order valence-electron chi connectivity index (χ2n) is 7.26. The second-order valence-corrected chi connectivity index (χ2v) is 12.0. The second kappa shape index (κ2) is 8.00. The van der Waals surface area contributed by atoms with E-state index in [1.54, 1.807) is 0 Å². The number of nitrogens with two attached hydrogens (primary N) is 1. The van der Waals surface area contributed by atoms with Crippen LogP contribution in [0.3, 0.4) is 0 Å². The molecule has 0 radical (unpaired) electrons. The van der Waals surface area contributed by atoms with Crippen molar-refractivity contribution >= 4 is 20.2 Å². The number of aliphatic hydroxyl groups excluding tert-OH is 1. The van der Waals surface area contributed by atoms with E-state index in [0.29, 0.717) is 5.84 Å². The zero-order chi connectivity index (χ0) is 18.6. The fourth-order valence-corrected chi connectivity index (χ4v) is 3.10. The SMILES string of the molecule is CCC(CO)OC(C)C1C=CC(C#C[Si](C)(C)C)=C2C(N)=NC=NN21. The zero-order valence-electron chi connectivity index (χ0n) is 15.7. The summed E-state index contributed by atoms with van der Waals surface area (Å²) in [5.74, 6) is 3.67. The van der Waals surface area contributed by atoms with Gasteiger partial charge in [0.2, 0.25) is 0 Å². The van der Waals surface area contributed by atoms with Gasteiger partial charge >= 0.3 is 0 Å². The number of hydrazone groups is 1. The van der Waals surface area contributed by atoms with Crippen molar-refractivity contribution in [1.29, 1.82) is 0 Å². The standard InChI is InChI=1S/C18H28N4O2Si/c1-6-15(11-23)24-13(2)16-8-7-14(9-10-25(3,4)5)17-18(19)20-12-21-22(16)17/h7-8,12-13,15-16,23H,6,11H2,1-5H3,(H2,19,20,21). The van der Waals surface area contributed by atoms with Crippen LogP contribution < -0.4 is 5.73 Å². The Kier molecular flexibility index (Phi) is 6.22. The Morgan fingerprint density at radius 2 is 2.16 bits per heavy atom. The van der Waals surface area contributed by atoms with Crippen molar-refractivity contribution in [2.75, 3.05) is 6.61 Å². The number of aliphatic hydroxyl groups is 1. The monoisotopic (exact) mass is 360 g/mol. The fourth-order valence-electron chi connectivity index (χ4n) is 2.59. The first-order valence-electron chi connectivity index (χ1n) is 8.64. The summed E-state index contributed by atoms with van der Waals surface area (Å²) in [6.07, 6.45) is 5.85. The van der Waals surface area contributed by atoms with Gasteiger partial charge in [-0.3, -0.25) is 0 Å². The van der Waals surface area contributed by atoms with Crippen LogP contribution >= 0.6 is 0 Å². The Morgan fingerprint density at radius 1 is 1.44 bits per heavy atom. The molecule has 25 heavy (non-hydrogen) atoms. The minimum Gasteiger partial charge on any atom is -0.394 e. The van der Waals surface area contributed by atoms with Gasteiger partial charge in [-0.15, -0.1) is 5.54 Å². The van der Waals surface area contributed by atoms with Crippen molar-refractivity contribution in [2.24, 2.45) is 15.8 Å². The van der Waals surface area contributed by atoms with Crippen molar-refractivity contribution in [3.8, 4) is 11.5 Å². The summed E-state index contributed by atoms with van der Waals surface area (Å²) < 4.78 is 5.97. The molecular formula is C18H28N4O2Si. The minimum atomic E-state index is -1.51. The average Bonchev–Trinajstić information content (AvgIpc) is 2.56. The molecule has 7 heteroatoms. The first-order valence-corrected chi connectivity index (χ1v) is 12.1. The maximum atomic E-state index is 9.39. The van der Waals surface area contributed by atoms with Crippen LogP contribution in [0.15, 0.2) is 33.5 Å². The molecule has 2 aliphatic rings. The lowest BCUT2D eigenvalue weighted by Crippen LogP contribution is -2.46. The van der Waals surface area contributed by atoms with Crippen molar-refractivity contribution in [3.63, 3.8) is 0 Å². The Balaban J connectivity index is 2.32. The maximum absolute atomic E-state index is 9.39. The molecule has 0 aromatic carbocycles. The van der Waals surface area contributed by atoms with Crippen LogP contribution in [0.25, 0.3) is 0 Å². The van der Waals surface area contributed by atoms with Gasteiger partial charge in [0.1, 0.15) is 20.1 Å². The predicted octanol–water partition coefficient (Wildman–Crippen LogP) is 1.85. The lowest BCUT2D eigenvalue weighted by molar-refractivity contribution is -0.0549. The van der Waals surface area contributed by atoms with E-state index < -0.39 is 8.07 Å². The fraction of sp³-hybridized carbons (Fsp3) is 0.556. The van der Waals surface area contributed by atoms with E-state index in [2.05, 4.69) is 41.2 Å². The molecule has 0 amide bonds. The van der Waals surface area contributed by atoms with Crippen LogP contribution in [-0.2, 0) is 4.74 Å². The molecule has 0 aromatic rings.